The summed E-state index contributed by atoms with van der Waals surface area (Å²) in [5.41, 5.74) is 0.180. The van der Waals surface area contributed by atoms with Gasteiger partial charge in [0.15, 0.2) is 6.23 Å². The average Bonchev–Trinajstić information content (AvgIpc) is 3.29. The van der Waals surface area contributed by atoms with Crippen molar-refractivity contribution in [1.82, 2.24) is 9.55 Å². The van der Waals surface area contributed by atoms with Crippen LogP contribution in [0.3, 0.4) is 0 Å². The first-order chi connectivity index (χ1) is 19.8. The minimum absolute atomic E-state index is 0.154. The lowest BCUT2D eigenvalue weighted by molar-refractivity contribution is -0.0959. The van der Waals surface area contributed by atoms with E-state index in [9.17, 15) is 19.8 Å². The molecule has 5 rings (SSSR count). The highest BCUT2D eigenvalue weighted by atomic mass is 16.6. The Bertz CT molecular complexity index is 1530. The first-order valence-electron chi connectivity index (χ1n) is 13.1. The van der Waals surface area contributed by atoms with Crippen LogP contribution in [0, 0.1) is 6.92 Å². The molecule has 4 aromatic rings. The molecule has 10 heteroatoms. The summed E-state index contributed by atoms with van der Waals surface area (Å²) in [7, 11) is 3.18. The molecule has 2 heterocycles. The van der Waals surface area contributed by atoms with E-state index in [-0.39, 0.29) is 12.2 Å². The molecule has 1 aliphatic heterocycles. The SMILES string of the molecule is COc1ccc(C(OC[C@H]2O[C@@H](n3cc(C)c(=O)[nH]c3=O)[C@@H](O)[C@@H]2O)(c2ccccc2)c2ccc(OC)cc2)cc1. The van der Waals surface area contributed by atoms with Gasteiger partial charge in [-0.1, -0.05) is 54.6 Å². The van der Waals surface area contributed by atoms with E-state index in [1.807, 2.05) is 78.9 Å². The van der Waals surface area contributed by atoms with Crippen molar-refractivity contribution in [3.05, 3.63) is 128 Å². The molecule has 1 aromatic heterocycles. The molecule has 3 aromatic carbocycles. The van der Waals surface area contributed by atoms with Crippen molar-refractivity contribution in [2.75, 3.05) is 20.8 Å². The zero-order valence-electron chi connectivity index (χ0n) is 22.9. The van der Waals surface area contributed by atoms with Crippen LogP contribution in [-0.4, -0.2) is 58.9 Å². The molecule has 41 heavy (non-hydrogen) atoms. The van der Waals surface area contributed by atoms with Gasteiger partial charge in [0.2, 0.25) is 0 Å². The van der Waals surface area contributed by atoms with Crippen LogP contribution in [0.2, 0.25) is 0 Å². The minimum atomic E-state index is -1.44. The van der Waals surface area contributed by atoms with Crippen LogP contribution < -0.4 is 20.7 Å². The fraction of sp³-hybridized carbons (Fsp3) is 0.290. The van der Waals surface area contributed by atoms with Gasteiger partial charge in [0.05, 0.1) is 20.8 Å². The van der Waals surface area contributed by atoms with Gasteiger partial charge < -0.3 is 29.2 Å². The number of hydrogen-bond donors (Lipinski definition) is 3. The van der Waals surface area contributed by atoms with Crippen molar-refractivity contribution in [3.63, 3.8) is 0 Å². The number of nitrogens with one attached hydrogen (secondary N) is 1. The van der Waals surface area contributed by atoms with E-state index in [0.29, 0.717) is 11.5 Å². The number of aliphatic hydroxyl groups excluding tert-OH is 2. The van der Waals surface area contributed by atoms with E-state index in [4.69, 9.17) is 18.9 Å². The van der Waals surface area contributed by atoms with Crippen molar-refractivity contribution in [1.29, 1.82) is 0 Å². The Morgan fingerprint density at radius 2 is 1.37 bits per heavy atom. The number of aryl methyl sites for hydroxylation is 1. The number of ether oxygens (including phenoxy) is 4. The highest BCUT2D eigenvalue weighted by molar-refractivity contribution is 5.49. The second-order valence-corrected chi connectivity index (χ2v) is 9.84. The molecule has 4 atom stereocenters. The molecule has 0 amide bonds. The Kier molecular flexibility index (Phi) is 8.09. The summed E-state index contributed by atoms with van der Waals surface area (Å²) in [6, 6.07) is 24.6. The topological polar surface area (TPSA) is 132 Å². The van der Waals surface area contributed by atoms with Gasteiger partial charge in [-0.25, -0.2) is 4.79 Å². The van der Waals surface area contributed by atoms with E-state index >= 15 is 0 Å². The largest absolute Gasteiger partial charge is 0.497 e. The van der Waals surface area contributed by atoms with E-state index in [1.54, 1.807) is 14.2 Å². The summed E-state index contributed by atoms with van der Waals surface area (Å²) < 4.78 is 24.6. The number of hydrogen-bond acceptors (Lipinski definition) is 8. The third-order valence-electron chi connectivity index (χ3n) is 7.39. The Balaban J connectivity index is 1.56. The van der Waals surface area contributed by atoms with Crippen LogP contribution in [0.15, 0.2) is 94.6 Å². The Labute approximate surface area is 236 Å². The highest BCUT2D eigenvalue weighted by Gasteiger charge is 2.46. The third kappa shape index (κ3) is 5.30. The molecule has 1 saturated heterocycles. The van der Waals surface area contributed by atoms with Gasteiger partial charge in [-0.05, 0) is 47.9 Å². The normalized spacial score (nSPS) is 20.6. The number of benzene rings is 3. The van der Waals surface area contributed by atoms with Gasteiger partial charge in [-0.3, -0.25) is 14.3 Å². The van der Waals surface area contributed by atoms with E-state index in [1.165, 1.54) is 13.1 Å². The molecule has 0 saturated carbocycles. The fourth-order valence-corrected chi connectivity index (χ4v) is 5.15. The van der Waals surface area contributed by atoms with Crippen molar-refractivity contribution < 1.29 is 29.2 Å². The predicted molar refractivity (Wildman–Crippen MR) is 150 cm³/mol. The zero-order valence-corrected chi connectivity index (χ0v) is 22.9. The summed E-state index contributed by atoms with van der Waals surface area (Å²) >= 11 is 0. The quantitative estimate of drug-likeness (QED) is 0.266. The van der Waals surface area contributed by atoms with Crippen LogP contribution in [0.5, 0.6) is 11.5 Å². The van der Waals surface area contributed by atoms with Crippen LogP contribution in [0.4, 0.5) is 0 Å². The molecule has 0 aliphatic carbocycles. The summed E-state index contributed by atoms with van der Waals surface area (Å²) in [5.74, 6) is 1.35. The molecule has 214 valence electrons. The molecular formula is C31H32N2O8. The van der Waals surface area contributed by atoms with Gasteiger partial charge in [-0.2, -0.15) is 0 Å². The van der Waals surface area contributed by atoms with E-state index in [2.05, 4.69) is 4.98 Å². The van der Waals surface area contributed by atoms with Crippen molar-refractivity contribution in [2.24, 2.45) is 0 Å². The number of aliphatic hydroxyl groups is 2. The zero-order chi connectivity index (χ0) is 29.1. The average molecular weight is 561 g/mol. The van der Waals surface area contributed by atoms with Crippen molar-refractivity contribution in [3.8, 4) is 11.5 Å². The minimum Gasteiger partial charge on any atom is -0.497 e. The summed E-state index contributed by atoms with van der Waals surface area (Å²) in [4.78, 5) is 26.6. The lowest BCUT2D eigenvalue weighted by atomic mass is 9.80. The molecule has 3 N–H and O–H groups in total. The first kappa shape index (κ1) is 28.3. The maximum Gasteiger partial charge on any atom is 0.330 e. The molecule has 0 radical (unpaired) electrons. The number of aromatic amines is 1. The lowest BCUT2D eigenvalue weighted by Crippen LogP contribution is -2.40. The molecular weight excluding hydrogens is 528 g/mol. The maximum absolute atomic E-state index is 12.5. The van der Waals surface area contributed by atoms with Crippen LogP contribution in [-0.2, 0) is 15.1 Å². The number of rotatable bonds is 9. The molecule has 0 unspecified atom stereocenters. The Morgan fingerprint density at radius 1 is 0.829 bits per heavy atom. The standard InChI is InChI=1S/C31H32N2O8/c1-19-17-33(30(37)32-28(19)36)29-27(35)26(34)25(41-29)18-40-31(20-7-5-4-6-8-20,21-9-13-23(38-2)14-10-21)22-11-15-24(39-3)16-12-22/h4-17,25-27,29,34-35H,18H2,1-3H3,(H,32,36,37)/t25-,26-,27+,29-/m1/s1. The summed E-state index contributed by atoms with van der Waals surface area (Å²) in [6.07, 6.45) is -3.75. The predicted octanol–water partition coefficient (Wildman–Crippen LogP) is 2.49. The van der Waals surface area contributed by atoms with Crippen LogP contribution in [0.1, 0.15) is 28.5 Å². The molecule has 0 spiro atoms. The van der Waals surface area contributed by atoms with E-state index in [0.717, 1.165) is 21.3 Å². The Morgan fingerprint density at radius 3 is 1.90 bits per heavy atom. The number of aromatic nitrogens is 2. The number of methoxy groups -OCH3 is 2. The van der Waals surface area contributed by atoms with Crippen molar-refractivity contribution in [2.45, 2.75) is 37.1 Å². The second kappa shape index (κ2) is 11.7. The van der Waals surface area contributed by atoms with Crippen LogP contribution >= 0.6 is 0 Å². The molecule has 1 fully saturated rings. The van der Waals surface area contributed by atoms with Crippen LogP contribution in [0.25, 0.3) is 0 Å². The smallest absolute Gasteiger partial charge is 0.330 e. The number of H-pyrrole nitrogens is 1. The van der Waals surface area contributed by atoms with Gasteiger partial charge in [-0.15, -0.1) is 0 Å². The van der Waals surface area contributed by atoms with Crippen molar-refractivity contribution >= 4 is 0 Å². The molecule has 0 bridgehead atoms. The molecule has 1 aliphatic rings. The highest BCUT2D eigenvalue weighted by Crippen LogP contribution is 2.42. The van der Waals surface area contributed by atoms with Gasteiger partial charge in [0.25, 0.3) is 5.56 Å². The van der Waals surface area contributed by atoms with E-state index < -0.39 is 41.4 Å². The number of nitrogens with zero attached hydrogens (tertiary/aromatic N) is 1. The lowest BCUT2D eigenvalue weighted by Gasteiger charge is -2.37. The summed E-state index contributed by atoms with van der Waals surface area (Å²) in [6.45, 7) is 1.38. The fourth-order valence-electron chi connectivity index (χ4n) is 5.15. The Hall–Kier alpha value is -4.22. The maximum atomic E-state index is 12.5. The monoisotopic (exact) mass is 560 g/mol. The molecule has 10 nitrogen and oxygen atoms in total. The second-order valence-electron chi connectivity index (χ2n) is 9.84. The van der Waals surface area contributed by atoms with Gasteiger partial charge in [0, 0.05) is 11.8 Å². The first-order valence-corrected chi connectivity index (χ1v) is 13.1. The third-order valence-corrected chi connectivity index (χ3v) is 7.39. The van der Waals surface area contributed by atoms with Gasteiger partial charge >= 0.3 is 5.69 Å². The van der Waals surface area contributed by atoms with Gasteiger partial charge in [0.1, 0.15) is 35.4 Å². The summed E-state index contributed by atoms with van der Waals surface area (Å²) in [5, 5.41) is 21.8.